The molecule has 3 aromatic rings. The smallest absolute Gasteiger partial charge is 0.251 e. The number of carbonyl (C=O) groups excluding carboxylic acids is 1. The first-order valence-electron chi connectivity index (χ1n) is 9.74. The van der Waals surface area contributed by atoms with E-state index in [0.29, 0.717) is 13.1 Å². The van der Waals surface area contributed by atoms with Crippen molar-refractivity contribution in [2.24, 2.45) is 0 Å². The van der Waals surface area contributed by atoms with Gasteiger partial charge in [0.25, 0.3) is 5.56 Å². The molecule has 0 fully saturated rings. The van der Waals surface area contributed by atoms with Gasteiger partial charge in [0.15, 0.2) is 0 Å². The molecule has 1 amide bonds. The predicted molar refractivity (Wildman–Crippen MR) is 118 cm³/mol. The van der Waals surface area contributed by atoms with Crippen LogP contribution in [-0.2, 0) is 21.4 Å². The first-order chi connectivity index (χ1) is 14.3. The summed E-state index contributed by atoms with van der Waals surface area (Å²) in [5.74, 6) is -0.328. The van der Waals surface area contributed by atoms with Crippen LogP contribution in [0.4, 0.5) is 5.69 Å². The second kappa shape index (κ2) is 8.81. The fraction of sp³-hybridized carbons (Fsp3) is 0.273. The molecule has 1 heterocycles. The minimum Gasteiger partial charge on any atom is -0.313 e. The summed E-state index contributed by atoms with van der Waals surface area (Å²) < 4.78 is 28.0. The number of hydrogen-bond donors (Lipinski definition) is 0. The number of fused-ring (bicyclic) bond motifs is 1. The summed E-state index contributed by atoms with van der Waals surface area (Å²) in [6, 6.07) is 15.8. The van der Waals surface area contributed by atoms with Gasteiger partial charge < -0.3 is 9.47 Å². The number of hydrogen-bond acceptors (Lipinski definition) is 4. The lowest BCUT2D eigenvalue weighted by atomic mass is 10.1. The van der Waals surface area contributed by atoms with Crippen molar-refractivity contribution in [3.8, 4) is 0 Å². The van der Waals surface area contributed by atoms with Gasteiger partial charge in [-0.2, -0.15) is 4.31 Å². The highest BCUT2D eigenvalue weighted by Crippen LogP contribution is 2.26. The number of benzene rings is 2. The highest BCUT2D eigenvalue weighted by Gasteiger charge is 2.23. The van der Waals surface area contributed by atoms with Crippen molar-refractivity contribution in [3.63, 3.8) is 0 Å². The van der Waals surface area contributed by atoms with Crippen molar-refractivity contribution in [2.75, 3.05) is 25.0 Å². The lowest BCUT2D eigenvalue weighted by molar-refractivity contribution is -0.118. The van der Waals surface area contributed by atoms with Crippen LogP contribution in [0.1, 0.15) is 13.8 Å². The van der Waals surface area contributed by atoms with E-state index in [1.807, 2.05) is 42.5 Å². The zero-order chi connectivity index (χ0) is 21.9. The fourth-order valence-electron chi connectivity index (χ4n) is 3.39. The van der Waals surface area contributed by atoms with E-state index in [0.717, 1.165) is 21.0 Å². The Hall–Kier alpha value is -2.97. The van der Waals surface area contributed by atoms with Crippen molar-refractivity contribution in [1.82, 2.24) is 8.87 Å². The zero-order valence-corrected chi connectivity index (χ0v) is 18.1. The summed E-state index contributed by atoms with van der Waals surface area (Å²) in [5, 5.41) is 1.92. The third-order valence-electron chi connectivity index (χ3n) is 5.11. The normalized spacial score (nSPS) is 11.7. The third-order valence-corrected chi connectivity index (χ3v) is 7.14. The van der Waals surface area contributed by atoms with Gasteiger partial charge in [0.2, 0.25) is 15.9 Å². The van der Waals surface area contributed by atoms with Gasteiger partial charge in [-0.25, -0.2) is 8.42 Å². The lowest BCUT2D eigenvalue weighted by Gasteiger charge is -2.21. The average Bonchev–Trinajstić information content (AvgIpc) is 2.74. The monoisotopic (exact) mass is 427 g/mol. The van der Waals surface area contributed by atoms with Crippen molar-refractivity contribution >= 4 is 32.4 Å². The molecular weight excluding hydrogens is 402 g/mol. The Bertz CT molecular complexity index is 1230. The molecule has 0 unspecified atom stereocenters. The molecule has 1 aromatic heterocycles. The van der Waals surface area contributed by atoms with Crippen molar-refractivity contribution in [2.45, 2.75) is 25.3 Å². The van der Waals surface area contributed by atoms with Crippen LogP contribution in [0.3, 0.4) is 0 Å². The van der Waals surface area contributed by atoms with Gasteiger partial charge in [-0.1, -0.05) is 50.2 Å². The quantitative estimate of drug-likeness (QED) is 0.581. The van der Waals surface area contributed by atoms with Crippen LogP contribution in [-0.4, -0.2) is 43.3 Å². The molecule has 0 spiro atoms. The van der Waals surface area contributed by atoms with E-state index in [1.165, 1.54) is 27.5 Å². The van der Waals surface area contributed by atoms with E-state index in [9.17, 15) is 18.0 Å². The zero-order valence-electron chi connectivity index (χ0n) is 17.3. The van der Waals surface area contributed by atoms with E-state index in [4.69, 9.17) is 0 Å². The second-order valence-electron chi connectivity index (χ2n) is 6.87. The molecule has 3 rings (SSSR count). The van der Waals surface area contributed by atoms with Gasteiger partial charge in [0, 0.05) is 37.8 Å². The van der Waals surface area contributed by atoms with Gasteiger partial charge >= 0.3 is 0 Å². The van der Waals surface area contributed by atoms with E-state index in [-0.39, 0.29) is 17.3 Å². The van der Waals surface area contributed by atoms with E-state index >= 15 is 0 Å². The number of amides is 1. The lowest BCUT2D eigenvalue weighted by Crippen LogP contribution is -2.35. The Morgan fingerprint density at radius 3 is 2.33 bits per heavy atom. The maximum Gasteiger partial charge on any atom is 0.251 e. The molecule has 0 N–H and O–H groups in total. The highest BCUT2D eigenvalue weighted by molar-refractivity contribution is 7.89. The van der Waals surface area contributed by atoms with E-state index in [1.54, 1.807) is 20.9 Å². The van der Waals surface area contributed by atoms with Crippen molar-refractivity contribution in [1.29, 1.82) is 0 Å². The van der Waals surface area contributed by atoms with Crippen LogP contribution in [0.25, 0.3) is 10.8 Å². The number of rotatable bonds is 7. The van der Waals surface area contributed by atoms with Crippen molar-refractivity contribution in [3.05, 3.63) is 71.1 Å². The molecular formula is C22H25N3O4S. The van der Waals surface area contributed by atoms with Crippen LogP contribution < -0.4 is 10.5 Å². The topological polar surface area (TPSA) is 79.7 Å². The van der Waals surface area contributed by atoms with E-state index < -0.39 is 15.6 Å². The molecule has 158 valence electrons. The number of anilines is 1. The highest BCUT2D eigenvalue weighted by atomic mass is 32.2. The number of aromatic nitrogens is 1. The van der Waals surface area contributed by atoms with Crippen LogP contribution >= 0.6 is 0 Å². The third kappa shape index (κ3) is 4.15. The average molecular weight is 428 g/mol. The summed E-state index contributed by atoms with van der Waals surface area (Å²) in [4.78, 5) is 26.7. The predicted octanol–water partition coefficient (Wildman–Crippen LogP) is 2.70. The van der Waals surface area contributed by atoms with Crippen LogP contribution in [0.15, 0.2) is 70.5 Å². The SMILES string of the molecule is CCN(CC)S(=O)(=O)c1ccc(=O)n(CC(=O)N(C)c2cccc3ccccc23)c1. The summed E-state index contributed by atoms with van der Waals surface area (Å²) in [7, 11) is -2.08. The van der Waals surface area contributed by atoms with Gasteiger partial charge in [0.1, 0.15) is 6.54 Å². The molecule has 7 nitrogen and oxygen atoms in total. The van der Waals surface area contributed by atoms with Gasteiger partial charge in [-0.15, -0.1) is 0 Å². The molecule has 2 aromatic carbocycles. The van der Waals surface area contributed by atoms with Crippen LogP contribution in [0.5, 0.6) is 0 Å². The molecule has 8 heteroatoms. The van der Waals surface area contributed by atoms with Gasteiger partial charge in [-0.05, 0) is 17.5 Å². The Kier molecular flexibility index (Phi) is 6.38. The standard InChI is InChI=1S/C22H25N3O4S/c1-4-25(5-2)30(28,29)18-13-14-21(26)24(15-18)16-22(27)23(3)20-12-8-10-17-9-6-7-11-19(17)20/h6-15H,4-5,16H2,1-3H3. The molecule has 0 saturated heterocycles. The minimum absolute atomic E-state index is 0.00795. The van der Waals surface area contributed by atoms with Crippen molar-refractivity contribution < 1.29 is 13.2 Å². The van der Waals surface area contributed by atoms with Gasteiger partial charge in [0.05, 0.1) is 10.6 Å². The maximum atomic E-state index is 12.9. The molecule has 30 heavy (non-hydrogen) atoms. The summed E-state index contributed by atoms with van der Waals surface area (Å²) in [6.45, 7) is 3.88. The van der Waals surface area contributed by atoms with Crippen LogP contribution in [0, 0.1) is 0 Å². The Balaban J connectivity index is 1.92. The fourth-order valence-corrected chi connectivity index (χ4v) is 4.86. The molecule has 0 saturated carbocycles. The number of nitrogens with zero attached hydrogens (tertiary/aromatic N) is 3. The van der Waals surface area contributed by atoms with Crippen LogP contribution in [0.2, 0.25) is 0 Å². The largest absolute Gasteiger partial charge is 0.313 e. The maximum absolute atomic E-state index is 12.9. The summed E-state index contributed by atoms with van der Waals surface area (Å²) in [6.07, 6.45) is 1.24. The first-order valence-corrected chi connectivity index (χ1v) is 11.2. The molecule has 0 aliphatic carbocycles. The number of pyridine rings is 1. The molecule has 0 aliphatic rings. The molecule has 0 atom stereocenters. The number of likely N-dealkylation sites (N-methyl/N-ethyl adjacent to an activating group) is 1. The number of carbonyl (C=O) groups is 1. The Morgan fingerprint density at radius 1 is 0.967 bits per heavy atom. The Morgan fingerprint density at radius 2 is 1.63 bits per heavy atom. The first kappa shape index (κ1) is 21.7. The summed E-state index contributed by atoms with van der Waals surface area (Å²) >= 11 is 0. The summed E-state index contributed by atoms with van der Waals surface area (Å²) in [5.41, 5.74) is 0.284. The number of sulfonamides is 1. The minimum atomic E-state index is -3.73. The Labute approximate surface area is 176 Å². The molecule has 0 radical (unpaired) electrons. The molecule has 0 aliphatic heterocycles. The van der Waals surface area contributed by atoms with Gasteiger partial charge in [-0.3, -0.25) is 9.59 Å². The van der Waals surface area contributed by atoms with E-state index in [2.05, 4.69) is 0 Å². The molecule has 0 bridgehead atoms. The second-order valence-corrected chi connectivity index (χ2v) is 8.81.